The number of carbonyl (C=O) groups is 1. The van der Waals surface area contributed by atoms with E-state index in [1.807, 2.05) is 0 Å². The van der Waals surface area contributed by atoms with Crippen LogP contribution in [0.3, 0.4) is 0 Å². The molecule has 0 unspecified atom stereocenters. The van der Waals surface area contributed by atoms with Gasteiger partial charge in [0.25, 0.3) is 0 Å². The molecule has 1 rings (SSSR count). The second kappa shape index (κ2) is 4.98. The van der Waals surface area contributed by atoms with E-state index >= 15 is 0 Å². The van der Waals surface area contributed by atoms with Crippen molar-refractivity contribution in [3.8, 4) is 0 Å². The minimum Gasteiger partial charge on any atom is -0.453 e. The topological polar surface area (TPSA) is 38.3 Å². The van der Waals surface area contributed by atoms with Gasteiger partial charge in [-0.1, -0.05) is 11.6 Å². The molecular weight excluding hydrogens is 221 g/mol. The van der Waals surface area contributed by atoms with Crippen molar-refractivity contribution in [1.29, 1.82) is 0 Å². The highest BCUT2D eigenvalue weighted by Crippen LogP contribution is 2.20. The lowest BCUT2D eigenvalue weighted by atomic mass is 10.1. The minimum atomic E-state index is -0.577. The number of benzene rings is 1. The third-order valence-corrected chi connectivity index (χ3v) is 2.29. The zero-order chi connectivity index (χ0) is 11.4. The third-order valence-electron chi connectivity index (χ3n) is 1.94. The second-order valence-electron chi connectivity index (χ2n) is 3.04. The number of amides is 1. The summed E-state index contributed by atoms with van der Waals surface area (Å²) in [4.78, 5) is 10.8. The first-order valence-electron chi connectivity index (χ1n) is 4.31. The molecular formula is C10H11ClFNO2. The Morgan fingerprint density at radius 3 is 2.87 bits per heavy atom. The maximum absolute atomic E-state index is 13.2. The molecule has 0 atom stereocenters. The molecule has 0 heterocycles. The van der Waals surface area contributed by atoms with Crippen LogP contribution in [0.5, 0.6) is 0 Å². The van der Waals surface area contributed by atoms with E-state index in [1.54, 1.807) is 6.92 Å². The summed E-state index contributed by atoms with van der Waals surface area (Å²) in [6, 6.07) is 2.82. The molecule has 0 bridgehead atoms. The van der Waals surface area contributed by atoms with Crippen LogP contribution in [0.1, 0.15) is 11.1 Å². The zero-order valence-electron chi connectivity index (χ0n) is 8.43. The molecule has 0 fully saturated rings. The van der Waals surface area contributed by atoms with Crippen LogP contribution in [0.4, 0.5) is 9.18 Å². The largest absolute Gasteiger partial charge is 0.453 e. The van der Waals surface area contributed by atoms with E-state index in [1.165, 1.54) is 19.2 Å². The average molecular weight is 232 g/mol. The van der Waals surface area contributed by atoms with Crippen molar-refractivity contribution in [3.05, 3.63) is 34.1 Å². The van der Waals surface area contributed by atoms with E-state index in [9.17, 15) is 9.18 Å². The van der Waals surface area contributed by atoms with E-state index in [0.717, 1.165) is 0 Å². The molecule has 1 N–H and O–H groups in total. The summed E-state index contributed by atoms with van der Waals surface area (Å²) in [6.45, 7) is 1.77. The smallest absolute Gasteiger partial charge is 0.407 e. The molecule has 0 aliphatic rings. The number of aryl methyl sites for hydroxylation is 1. The van der Waals surface area contributed by atoms with Gasteiger partial charge in [-0.25, -0.2) is 9.18 Å². The fourth-order valence-electron chi connectivity index (χ4n) is 1.06. The summed E-state index contributed by atoms with van der Waals surface area (Å²) in [5.41, 5.74) is 0.993. The Balaban J connectivity index is 2.77. The van der Waals surface area contributed by atoms with Crippen molar-refractivity contribution < 1.29 is 13.9 Å². The van der Waals surface area contributed by atoms with Gasteiger partial charge in [0.1, 0.15) is 5.82 Å². The van der Waals surface area contributed by atoms with Gasteiger partial charge in [-0.2, -0.15) is 0 Å². The van der Waals surface area contributed by atoms with E-state index < -0.39 is 6.09 Å². The lowest BCUT2D eigenvalue weighted by molar-refractivity contribution is 0.170. The van der Waals surface area contributed by atoms with Gasteiger partial charge in [-0.05, 0) is 30.2 Å². The van der Waals surface area contributed by atoms with Gasteiger partial charge in [0.2, 0.25) is 0 Å². The monoisotopic (exact) mass is 231 g/mol. The molecule has 0 aliphatic heterocycles. The van der Waals surface area contributed by atoms with Gasteiger partial charge in [-0.15, -0.1) is 0 Å². The number of carbonyl (C=O) groups excluding carboxylic acids is 1. The van der Waals surface area contributed by atoms with E-state index in [-0.39, 0.29) is 12.4 Å². The lowest BCUT2D eigenvalue weighted by Gasteiger charge is -2.07. The third kappa shape index (κ3) is 3.09. The first-order chi connectivity index (χ1) is 7.04. The summed E-state index contributed by atoms with van der Waals surface area (Å²) < 4.78 is 17.5. The number of nitrogens with one attached hydrogen (secondary N) is 1. The Labute approximate surface area is 92.2 Å². The molecule has 5 heteroatoms. The second-order valence-corrected chi connectivity index (χ2v) is 3.45. The van der Waals surface area contributed by atoms with Crippen LogP contribution in [-0.2, 0) is 11.3 Å². The molecule has 0 radical (unpaired) electrons. The molecule has 1 aromatic rings. The predicted octanol–water partition coefficient (Wildman–Crippen LogP) is 2.64. The number of alkyl carbamates (subject to hydrolysis) is 1. The molecule has 0 aliphatic carbocycles. The maximum Gasteiger partial charge on any atom is 0.407 e. The first kappa shape index (κ1) is 11.8. The number of hydrogen-bond acceptors (Lipinski definition) is 2. The van der Waals surface area contributed by atoms with Crippen molar-refractivity contribution in [2.75, 3.05) is 7.11 Å². The number of ether oxygens (including phenoxy) is 1. The van der Waals surface area contributed by atoms with Gasteiger partial charge in [0.05, 0.1) is 7.11 Å². The average Bonchev–Trinajstić information content (AvgIpc) is 2.21. The fourth-order valence-corrected chi connectivity index (χ4v) is 1.35. The van der Waals surface area contributed by atoms with Crippen LogP contribution in [-0.4, -0.2) is 13.2 Å². The Morgan fingerprint density at radius 1 is 1.60 bits per heavy atom. The van der Waals surface area contributed by atoms with Crippen molar-refractivity contribution in [3.63, 3.8) is 0 Å². The van der Waals surface area contributed by atoms with Gasteiger partial charge in [0.15, 0.2) is 0 Å². The standard InChI is InChI=1S/C10H11ClFNO2/c1-6-3-8(11)7(4-9(6)12)5-13-10(14)15-2/h3-4H,5H2,1-2H3,(H,13,14). The molecule has 0 saturated heterocycles. The van der Waals surface area contributed by atoms with E-state index in [0.29, 0.717) is 16.1 Å². The van der Waals surface area contributed by atoms with Crippen LogP contribution in [0.15, 0.2) is 12.1 Å². The molecule has 0 spiro atoms. The molecule has 0 saturated carbocycles. The number of methoxy groups -OCH3 is 1. The van der Waals surface area contributed by atoms with Crippen LogP contribution in [0.2, 0.25) is 5.02 Å². The van der Waals surface area contributed by atoms with Crippen molar-refractivity contribution >= 4 is 17.7 Å². The van der Waals surface area contributed by atoms with Gasteiger partial charge >= 0.3 is 6.09 Å². The Morgan fingerprint density at radius 2 is 2.27 bits per heavy atom. The molecule has 0 aromatic heterocycles. The van der Waals surface area contributed by atoms with E-state index in [2.05, 4.69) is 10.1 Å². The van der Waals surface area contributed by atoms with Crippen molar-refractivity contribution in [1.82, 2.24) is 5.32 Å². The maximum atomic E-state index is 13.2. The Bertz CT molecular complexity index is 382. The van der Waals surface area contributed by atoms with Crippen LogP contribution in [0, 0.1) is 12.7 Å². The van der Waals surface area contributed by atoms with Crippen molar-refractivity contribution in [2.45, 2.75) is 13.5 Å². The quantitative estimate of drug-likeness (QED) is 0.850. The SMILES string of the molecule is COC(=O)NCc1cc(F)c(C)cc1Cl. The zero-order valence-corrected chi connectivity index (χ0v) is 9.19. The van der Waals surface area contributed by atoms with Crippen LogP contribution >= 0.6 is 11.6 Å². The molecule has 1 aromatic carbocycles. The fraction of sp³-hybridized carbons (Fsp3) is 0.300. The number of hydrogen-bond donors (Lipinski definition) is 1. The van der Waals surface area contributed by atoms with E-state index in [4.69, 9.17) is 11.6 Å². The number of rotatable bonds is 2. The minimum absolute atomic E-state index is 0.142. The summed E-state index contributed by atoms with van der Waals surface area (Å²) >= 11 is 5.87. The Hall–Kier alpha value is -1.29. The molecule has 15 heavy (non-hydrogen) atoms. The van der Waals surface area contributed by atoms with Crippen molar-refractivity contribution in [2.24, 2.45) is 0 Å². The van der Waals surface area contributed by atoms with Crippen LogP contribution in [0.25, 0.3) is 0 Å². The van der Waals surface area contributed by atoms with Gasteiger partial charge in [-0.3, -0.25) is 0 Å². The summed E-state index contributed by atoms with van der Waals surface area (Å²) in [7, 11) is 1.26. The van der Waals surface area contributed by atoms with Gasteiger partial charge in [0, 0.05) is 11.6 Å². The van der Waals surface area contributed by atoms with Gasteiger partial charge < -0.3 is 10.1 Å². The summed E-state index contributed by atoms with van der Waals surface area (Å²) in [6.07, 6.45) is -0.577. The highest BCUT2D eigenvalue weighted by molar-refractivity contribution is 6.31. The van der Waals surface area contributed by atoms with Crippen LogP contribution < -0.4 is 5.32 Å². The lowest BCUT2D eigenvalue weighted by Crippen LogP contribution is -2.22. The predicted molar refractivity (Wildman–Crippen MR) is 55.4 cm³/mol. The normalized spacial score (nSPS) is 9.87. The highest BCUT2D eigenvalue weighted by atomic mass is 35.5. The summed E-state index contributed by atoms with van der Waals surface area (Å²) in [5, 5.41) is 2.85. The number of halogens is 2. The highest BCUT2D eigenvalue weighted by Gasteiger charge is 2.07. The first-order valence-corrected chi connectivity index (χ1v) is 4.68. The molecule has 82 valence electrons. The summed E-state index contributed by atoms with van der Waals surface area (Å²) in [5.74, 6) is -0.346. The molecule has 1 amide bonds. The Kier molecular flexibility index (Phi) is 3.91. The molecule has 3 nitrogen and oxygen atoms in total.